The Balaban J connectivity index is 1.56. The maximum atomic E-state index is 12.9. The van der Waals surface area contributed by atoms with Crippen molar-refractivity contribution in [2.75, 3.05) is 43.4 Å². The minimum atomic E-state index is -0.513. The lowest BCUT2D eigenvalue weighted by Crippen LogP contribution is -2.44. The van der Waals surface area contributed by atoms with Crippen molar-refractivity contribution in [1.29, 1.82) is 0 Å². The standard InChI is InChI=1S/C24H27N5O2/c1-17-15-19(9-10-21(17)28-13-11-27(3)12-14-28)25-24(31)23-22(30)16-18(2)29(26-23)20-7-5-4-6-8-20/h4-10,15-16H,11-14H2,1-3H3,(H,25,31). The SMILES string of the molecule is Cc1cc(NC(=O)c2nn(-c3ccccc3)c(C)cc2=O)ccc1N1CCN(C)CC1. The average Bonchev–Trinajstić information content (AvgIpc) is 2.75. The summed E-state index contributed by atoms with van der Waals surface area (Å²) < 4.78 is 1.61. The maximum absolute atomic E-state index is 12.9. The van der Waals surface area contributed by atoms with Crippen LogP contribution in [0.25, 0.3) is 5.69 Å². The van der Waals surface area contributed by atoms with Crippen molar-refractivity contribution >= 4 is 17.3 Å². The maximum Gasteiger partial charge on any atom is 0.280 e. The summed E-state index contributed by atoms with van der Waals surface area (Å²) in [6, 6.07) is 16.7. The van der Waals surface area contributed by atoms with Crippen LogP contribution < -0.4 is 15.6 Å². The highest BCUT2D eigenvalue weighted by molar-refractivity contribution is 6.02. The first kappa shape index (κ1) is 20.8. The molecular weight excluding hydrogens is 390 g/mol. The number of piperazine rings is 1. The first-order valence-corrected chi connectivity index (χ1v) is 10.4. The highest BCUT2D eigenvalue weighted by Gasteiger charge is 2.18. The number of amides is 1. The number of carbonyl (C=O) groups excluding carboxylic acids is 1. The Bertz CT molecular complexity index is 1150. The summed E-state index contributed by atoms with van der Waals surface area (Å²) in [6.07, 6.45) is 0. The van der Waals surface area contributed by atoms with Crippen LogP contribution in [0.4, 0.5) is 11.4 Å². The summed E-state index contributed by atoms with van der Waals surface area (Å²) in [5.41, 5.74) is 3.84. The topological polar surface area (TPSA) is 70.5 Å². The van der Waals surface area contributed by atoms with Crippen molar-refractivity contribution in [3.05, 3.63) is 81.8 Å². The second kappa shape index (κ2) is 8.73. The van der Waals surface area contributed by atoms with Gasteiger partial charge in [-0.25, -0.2) is 4.68 Å². The summed E-state index contributed by atoms with van der Waals surface area (Å²) in [5.74, 6) is -0.513. The van der Waals surface area contributed by atoms with Crippen LogP contribution in [0.15, 0.2) is 59.4 Å². The number of aryl methyl sites for hydroxylation is 2. The lowest BCUT2D eigenvalue weighted by molar-refractivity contribution is 0.101. The molecule has 0 bridgehead atoms. The smallest absolute Gasteiger partial charge is 0.280 e. The molecule has 2 heterocycles. The van der Waals surface area contributed by atoms with Gasteiger partial charge in [-0.2, -0.15) is 5.10 Å². The van der Waals surface area contributed by atoms with Gasteiger partial charge >= 0.3 is 0 Å². The van der Waals surface area contributed by atoms with Crippen LogP contribution in [0.1, 0.15) is 21.7 Å². The number of rotatable bonds is 4. The van der Waals surface area contributed by atoms with Gasteiger partial charge in [0.1, 0.15) is 0 Å². The van der Waals surface area contributed by atoms with E-state index in [1.54, 1.807) is 11.6 Å². The van der Waals surface area contributed by atoms with Crippen LogP contribution in [-0.2, 0) is 0 Å². The summed E-state index contributed by atoms with van der Waals surface area (Å²) in [7, 11) is 2.13. The molecule has 4 rings (SSSR count). The van der Waals surface area contributed by atoms with Gasteiger partial charge in [0.05, 0.1) is 5.69 Å². The van der Waals surface area contributed by atoms with Crippen molar-refractivity contribution in [1.82, 2.24) is 14.7 Å². The number of nitrogens with zero attached hydrogens (tertiary/aromatic N) is 4. The first-order valence-electron chi connectivity index (χ1n) is 10.4. The molecule has 7 nitrogen and oxygen atoms in total. The second-order valence-corrected chi connectivity index (χ2v) is 7.99. The molecule has 1 aliphatic heterocycles. The van der Waals surface area contributed by atoms with Crippen molar-refractivity contribution in [3.63, 3.8) is 0 Å². The fraction of sp³-hybridized carbons (Fsp3) is 0.292. The molecule has 0 spiro atoms. The highest BCUT2D eigenvalue weighted by Crippen LogP contribution is 2.25. The van der Waals surface area contributed by atoms with Gasteiger partial charge in [-0.15, -0.1) is 0 Å². The zero-order chi connectivity index (χ0) is 22.0. The van der Waals surface area contributed by atoms with Crippen LogP contribution in [0.5, 0.6) is 0 Å². The molecule has 1 aromatic heterocycles. The molecule has 0 unspecified atom stereocenters. The Kier molecular flexibility index (Phi) is 5.86. The number of carbonyl (C=O) groups is 1. The molecule has 0 saturated carbocycles. The van der Waals surface area contributed by atoms with Gasteiger partial charge in [-0.05, 0) is 56.8 Å². The third-order valence-corrected chi connectivity index (χ3v) is 5.62. The second-order valence-electron chi connectivity index (χ2n) is 7.99. The highest BCUT2D eigenvalue weighted by atomic mass is 16.2. The molecule has 0 radical (unpaired) electrons. The monoisotopic (exact) mass is 417 g/mol. The zero-order valence-electron chi connectivity index (χ0n) is 18.1. The normalized spacial score (nSPS) is 14.5. The van der Waals surface area contributed by atoms with Crippen LogP contribution in [0, 0.1) is 13.8 Å². The van der Waals surface area contributed by atoms with E-state index in [9.17, 15) is 9.59 Å². The lowest BCUT2D eigenvalue weighted by Gasteiger charge is -2.35. The number of anilines is 2. The number of hydrogen-bond donors (Lipinski definition) is 1. The van der Waals surface area contributed by atoms with Crippen LogP contribution in [0.3, 0.4) is 0 Å². The van der Waals surface area contributed by atoms with Gasteiger partial charge in [0.15, 0.2) is 5.69 Å². The summed E-state index contributed by atoms with van der Waals surface area (Å²) >= 11 is 0. The van der Waals surface area contributed by atoms with E-state index >= 15 is 0 Å². The molecule has 1 fully saturated rings. The zero-order valence-corrected chi connectivity index (χ0v) is 18.1. The molecule has 0 atom stereocenters. The predicted octanol–water partition coefficient (Wildman–Crippen LogP) is 2.85. The third-order valence-electron chi connectivity index (χ3n) is 5.62. The predicted molar refractivity (Wildman–Crippen MR) is 123 cm³/mol. The molecule has 1 saturated heterocycles. The molecule has 1 N–H and O–H groups in total. The van der Waals surface area contributed by atoms with Crippen LogP contribution in [0.2, 0.25) is 0 Å². The molecule has 7 heteroatoms. The fourth-order valence-corrected chi connectivity index (χ4v) is 3.86. The Morgan fingerprint density at radius 3 is 2.35 bits per heavy atom. The minimum Gasteiger partial charge on any atom is -0.369 e. The quantitative estimate of drug-likeness (QED) is 0.707. The largest absolute Gasteiger partial charge is 0.369 e. The first-order chi connectivity index (χ1) is 14.9. The van der Waals surface area contributed by atoms with Crippen molar-refractivity contribution in [2.45, 2.75) is 13.8 Å². The molecule has 3 aromatic rings. The molecule has 0 aliphatic carbocycles. The fourth-order valence-electron chi connectivity index (χ4n) is 3.86. The molecule has 1 amide bonds. The molecular formula is C24H27N5O2. The summed E-state index contributed by atoms with van der Waals surface area (Å²) in [5, 5.41) is 7.17. The van der Waals surface area contributed by atoms with Crippen LogP contribution >= 0.6 is 0 Å². The number of aromatic nitrogens is 2. The number of nitrogens with one attached hydrogen (secondary N) is 1. The number of likely N-dealkylation sites (N-methyl/N-ethyl adjacent to an activating group) is 1. The molecule has 2 aromatic carbocycles. The summed E-state index contributed by atoms with van der Waals surface area (Å²) in [6.45, 7) is 7.86. The van der Waals surface area contributed by atoms with E-state index in [0.29, 0.717) is 11.4 Å². The minimum absolute atomic E-state index is 0.129. The van der Waals surface area contributed by atoms with E-state index in [1.165, 1.54) is 11.8 Å². The number of hydrogen-bond acceptors (Lipinski definition) is 5. The van der Waals surface area contributed by atoms with E-state index < -0.39 is 11.3 Å². The third kappa shape index (κ3) is 4.51. The van der Waals surface area contributed by atoms with Crippen molar-refractivity contribution in [3.8, 4) is 5.69 Å². The Morgan fingerprint density at radius 2 is 1.68 bits per heavy atom. The van der Waals surface area contributed by atoms with Gasteiger partial charge in [0.25, 0.3) is 5.91 Å². The van der Waals surface area contributed by atoms with Crippen molar-refractivity contribution < 1.29 is 4.79 Å². The van der Waals surface area contributed by atoms with E-state index in [4.69, 9.17) is 0 Å². The molecule has 31 heavy (non-hydrogen) atoms. The Hall–Kier alpha value is -3.45. The number of para-hydroxylation sites is 1. The number of benzene rings is 2. The van der Waals surface area contributed by atoms with Gasteiger partial charge in [0, 0.05) is 49.3 Å². The lowest BCUT2D eigenvalue weighted by atomic mass is 10.1. The van der Waals surface area contributed by atoms with Gasteiger partial charge in [0.2, 0.25) is 5.43 Å². The van der Waals surface area contributed by atoms with Gasteiger partial charge in [-0.3, -0.25) is 9.59 Å². The van der Waals surface area contributed by atoms with E-state index in [0.717, 1.165) is 37.4 Å². The summed E-state index contributed by atoms with van der Waals surface area (Å²) in [4.78, 5) is 30.0. The van der Waals surface area contributed by atoms with Gasteiger partial charge < -0.3 is 15.1 Å². The van der Waals surface area contributed by atoms with Gasteiger partial charge in [-0.1, -0.05) is 18.2 Å². The van der Waals surface area contributed by atoms with E-state index in [1.807, 2.05) is 55.5 Å². The van der Waals surface area contributed by atoms with E-state index in [-0.39, 0.29) is 5.69 Å². The van der Waals surface area contributed by atoms with Crippen molar-refractivity contribution in [2.24, 2.45) is 0 Å². The molecule has 1 aliphatic rings. The Labute approximate surface area is 181 Å². The van der Waals surface area contributed by atoms with E-state index in [2.05, 4.69) is 27.3 Å². The Morgan fingerprint density at radius 1 is 0.968 bits per heavy atom. The average molecular weight is 418 g/mol. The van der Waals surface area contributed by atoms with Crippen LogP contribution in [-0.4, -0.2) is 53.8 Å². The molecule has 160 valence electrons.